The summed E-state index contributed by atoms with van der Waals surface area (Å²) in [5, 5.41) is 0. The van der Waals surface area contributed by atoms with Crippen LogP contribution in [0.3, 0.4) is 0 Å². The second-order valence-corrected chi connectivity index (χ2v) is 2.84. The summed E-state index contributed by atoms with van der Waals surface area (Å²) in [6, 6.07) is 0.546. The van der Waals surface area contributed by atoms with Gasteiger partial charge in [-0.2, -0.15) is 0 Å². The number of nitrogens with two attached hydrogens (primary N) is 1. The minimum absolute atomic E-state index is 0.546. The lowest BCUT2D eigenvalue weighted by molar-refractivity contribution is 0.233. The molecule has 0 aromatic rings. The van der Waals surface area contributed by atoms with Crippen LogP contribution in [0.1, 0.15) is 13.3 Å². The highest BCUT2D eigenvalue weighted by Gasteiger charge is 2.11. The third-order valence-corrected chi connectivity index (χ3v) is 2.05. The molecular formula is C8H16N2. The normalized spacial score (nSPS) is 23.0. The van der Waals surface area contributed by atoms with Gasteiger partial charge in [0.25, 0.3) is 0 Å². The molecule has 0 aromatic heterocycles. The molecule has 0 bridgehead atoms. The Bertz CT molecular complexity index is 120. The molecule has 0 radical (unpaired) electrons. The summed E-state index contributed by atoms with van der Waals surface area (Å²) in [6.07, 6.45) is 5.64. The van der Waals surface area contributed by atoms with Crippen molar-refractivity contribution in [3.05, 3.63) is 12.2 Å². The highest BCUT2D eigenvalue weighted by Crippen LogP contribution is 2.04. The Morgan fingerprint density at radius 2 is 2.40 bits per heavy atom. The Labute approximate surface area is 62.7 Å². The summed E-state index contributed by atoms with van der Waals surface area (Å²) < 4.78 is 0. The van der Waals surface area contributed by atoms with Gasteiger partial charge in [-0.15, -0.1) is 0 Å². The van der Waals surface area contributed by atoms with Gasteiger partial charge in [-0.1, -0.05) is 12.2 Å². The topological polar surface area (TPSA) is 29.3 Å². The van der Waals surface area contributed by atoms with Gasteiger partial charge in [0, 0.05) is 25.7 Å². The molecule has 0 amide bonds. The van der Waals surface area contributed by atoms with E-state index >= 15 is 0 Å². The Morgan fingerprint density at radius 3 is 2.90 bits per heavy atom. The second kappa shape index (κ2) is 3.74. The average molecular weight is 140 g/mol. The first kappa shape index (κ1) is 7.76. The summed E-state index contributed by atoms with van der Waals surface area (Å²) in [4.78, 5) is 2.40. The lowest BCUT2D eigenvalue weighted by Crippen LogP contribution is -2.40. The molecule has 2 nitrogen and oxygen atoms in total. The van der Waals surface area contributed by atoms with Crippen molar-refractivity contribution in [1.82, 2.24) is 4.90 Å². The second-order valence-electron chi connectivity index (χ2n) is 2.84. The summed E-state index contributed by atoms with van der Waals surface area (Å²) in [6.45, 7) is 5.21. The highest BCUT2D eigenvalue weighted by atomic mass is 15.2. The SMILES string of the molecule is CC(CN)N1CC=CCC1. The maximum Gasteiger partial charge on any atom is 0.0193 e. The van der Waals surface area contributed by atoms with Gasteiger partial charge in [0.15, 0.2) is 0 Å². The first-order valence-electron chi connectivity index (χ1n) is 3.93. The number of hydrogen-bond donors (Lipinski definition) is 1. The van der Waals surface area contributed by atoms with Crippen molar-refractivity contribution in [1.29, 1.82) is 0 Å². The molecule has 58 valence electrons. The summed E-state index contributed by atoms with van der Waals surface area (Å²) in [7, 11) is 0. The van der Waals surface area contributed by atoms with Crippen LogP contribution in [0.4, 0.5) is 0 Å². The van der Waals surface area contributed by atoms with E-state index in [0.29, 0.717) is 6.04 Å². The molecule has 1 rings (SSSR count). The van der Waals surface area contributed by atoms with E-state index in [1.54, 1.807) is 0 Å². The van der Waals surface area contributed by atoms with Crippen molar-refractivity contribution >= 4 is 0 Å². The van der Waals surface area contributed by atoms with Gasteiger partial charge >= 0.3 is 0 Å². The maximum atomic E-state index is 5.54. The zero-order valence-corrected chi connectivity index (χ0v) is 6.59. The van der Waals surface area contributed by atoms with Crippen LogP contribution in [0.2, 0.25) is 0 Å². The van der Waals surface area contributed by atoms with E-state index in [1.807, 2.05) is 0 Å². The summed E-state index contributed by atoms with van der Waals surface area (Å²) in [5.41, 5.74) is 5.54. The summed E-state index contributed by atoms with van der Waals surface area (Å²) >= 11 is 0. The molecule has 1 atom stereocenters. The van der Waals surface area contributed by atoms with E-state index in [-0.39, 0.29) is 0 Å². The predicted octanol–water partition coefficient (Wildman–Crippen LogP) is 0.595. The largest absolute Gasteiger partial charge is 0.329 e. The molecular weight excluding hydrogens is 124 g/mol. The minimum atomic E-state index is 0.546. The van der Waals surface area contributed by atoms with Crippen molar-refractivity contribution in [2.75, 3.05) is 19.6 Å². The van der Waals surface area contributed by atoms with E-state index < -0.39 is 0 Å². The van der Waals surface area contributed by atoms with Gasteiger partial charge in [-0.05, 0) is 13.3 Å². The van der Waals surface area contributed by atoms with Gasteiger partial charge < -0.3 is 5.73 Å². The quantitative estimate of drug-likeness (QED) is 0.569. The molecule has 0 aromatic carbocycles. The fraction of sp³-hybridized carbons (Fsp3) is 0.750. The molecule has 0 saturated heterocycles. The molecule has 0 fully saturated rings. The standard InChI is InChI=1S/C8H16N2/c1-8(7-9)10-5-3-2-4-6-10/h2-3,8H,4-7,9H2,1H3. The van der Waals surface area contributed by atoms with Crippen molar-refractivity contribution in [2.24, 2.45) is 5.73 Å². The zero-order chi connectivity index (χ0) is 7.40. The van der Waals surface area contributed by atoms with Crippen LogP contribution in [-0.2, 0) is 0 Å². The molecule has 1 heterocycles. The Hall–Kier alpha value is -0.340. The van der Waals surface area contributed by atoms with E-state index in [2.05, 4.69) is 24.0 Å². The fourth-order valence-corrected chi connectivity index (χ4v) is 1.21. The first-order valence-corrected chi connectivity index (χ1v) is 3.93. The van der Waals surface area contributed by atoms with Crippen LogP contribution in [0.15, 0.2) is 12.2 Å². The van der Waals surface area contributed by atoms with E-state index in [0.717, 1.165) is 13.1 Å². The minimum Gasteiger partial charge on any atom is -0.329 e. The molecule has 10 heavy (non-hydrogen) atoms. The molecule has 0 aliphatic carbocycles. The van der Waals surface area contributed by atoms with Crippen molar-refractivity contribution in [3.8, 4) is 0 Å². The fourth-order valence-electron chi connectivity index (χ4n) is 1.21. The smallest absolute Gasteiger partial charge is 0.0193 e. The Kier molecular flexibility index (Phi) is 2.90. The molecule has 2 N–H and O–H groups in total. The number of nitrogens with zero attached hydrogens (tertiary/aromatic N) is 1. The van der Waals surface area contributed by atoms with Crippen molar-refractivity contribution < 1.29 is 0 Å². The molecule has 1 unspecified atom stereocenters. The van der Waals surface area contributed by atoms with Crippen LogP contribution in [0.25, 0.3) is 0 Å². The molecule has 0 saturated carbocycles. The molecule has 0 spiro atoms. The van der Waals surface area contributed by atoms with Gasteiger partial charge in [-0.3, -0.25) is 4.90 Å². The maximum absolute atomic E-state index is 5.54. The predicted molar refractivity (Wildman–Crippen MR) is 43.8 cm³/mol. The van der Waals surface area contributed by atoms with Crippen LogP contribution in [0, 0.1) is 0 Å². The van der Waals surface area contributed by atoms with E-state index in [4.69, 9.17) is 5.73 Å². The Balaban J connectivity index is 2.33. The third kappa shape index (κ3) is 1.82. The Morgan fingerprint density at radius 1 is 1.60 bits per heavy atom. The van der Waals surface area contributed by atoms with Crippen LogP contribution < -0.4 is 5.73 Å². The van der Waals surface area contributed by atoms with Gasteiger partial charge in [0.1, 0.15) is 0 Å². The van der Waals surface area contributed by atoms with E-state index in [9.17, 15) is 0 Å². The zero-order valence-electron chi connectivity index (χ0n) is 6.59. The van der Waals surface area contributed by atoms with E-state index in [1.165, 1.54) is 13.0 Å². The molecule has 1 aliphatic rings. The average Bonchev–Trinajstić information content (AvgIpc) is 2.05. The van der Waals surface area contributed by atoms with Gasteiger partial charge in [0.05, 0.1) is 0 Å². The lowest BCUT2D eigenvalue weighted by atomic mass is 10.2. The molecule has 2 heteroatoms. The first-order chi connectivity index (χ1) is 4.84. The number of hydrogen-bond acceptors (Lipinski definition) is 2. The lowest BCUT2D eigenvalue weighted by Gasteiger charge is -2.28. The number of rotatable bonds is 2. The molecule has 1 aliphatic heterocycles. The highest BCUT2D eigenvalue weighted by molar-refractivity contribution is 4.92. The van der Waals surface area contributed by atoms with Crippen LogP contribution in [-0.4, -0.2) is 30.6 Å². The van der Waals surface area contributed by atoms with Crippen molar-refractivity contribution in [3.63, 3.8) is 0 Å². The van der Waals surface area contributed by atoms with Gasteiger partial charge in [0.2, 0.25) is 0 Å². The van der Waals surface area contributed by atoms with Crippen LogP contribution in [0.5, 0.6) is 0 Å². The van der Waals surface area contributed by atoms with Gasteiger partial charge in [-0.25, -0.2) is 0 Å². The third-order valence-electron chi connectivity index (χ3n) is 2.05. The summed E-state index contributed by atoms with van der Waals surface area (Å²) in [5.74, 6) is 0. The van der Waals surface area contributed by atoms with Crippen molar-refractivity contribution in [2.45, 2.75) is 19.4 Å². The monoisotopic (exact) mass is 140 g/mol. The van der Waals surface area contributed by atoms with Crippen LogP contribution >= 0.6 is 0 Å².